The Labute approximate surface area is 159 Å². The molecule has 1 aromatic rings. The number of hydrogen-bond acceptors (Lipinski definition) is 0. The first-order valence-corrected chi connectivity index (χ1v) is 9.63. The Morgan fingerprint density at radius 3 is 2.00 bits per heavy atom. The minimum atomic E-state index is -0.804. The molecule has 0 fully saturated rings. The molecule has 0 aliphatic heterocycles. The summed E-state index contributed by atoms with van der Waals surface area (Å²) in [7, 11) is 0. The average Bonchev–Trinajstić information content (AvgIpc) is 2.85. The molecule has 0 bridgehead atoms. The van der Waals surface area contributed by atoms with Crippen LogP contribution in [0.2, 0.25) is 0 Å². The summed E-state index contributed by atoms with van der Waals surface area (Å²) in [6.07, 6.45) is 8.74. The fourth-order valence-electron chi connectivity index (χ4n) is 2.61. The summed E-state index contributed by atoms with van der Waals surface area (Å²) in [5.41, 5.74) is 4.60. The zero-order chi connectivity index (χ0) is 15.1. The number of hydrogen-bond donors (Lipinski definition) is 1. The summed E-state index contributed by atoms with van der Waals surface area (Å²) in [5, 5.41) is 0. The molecule has 22 heavy (non-hydrogen) atoms. The zero-order valence-electron chi connectivity index (χ0n) is 14.3. The SMILES string of the molecule is C=C1C=CC=[C]1[Zr+2][c]1[nH]cc(C(C)(C)C)c1C(C)(C)C.[Cl-].[Cl-]. The van der Waals surface area contributed by atoms with Crippen molar-refractivity contribution in [3.63, 3.8) is 0 Å². The number of halogens is 2. The van der Waals surface area contributed by atoms with E-state index in [4.69, 9.17) is 0 Å². The molecule has 1 N–H and O–H groups in total. The largest absolute Gasteiger partial charge is 1.00 e. The Hall–Kier alpha value is -0.0369. The van der Waals surface area contributed by atoms with E-state index in [1.165, 1.54) is 23.4 Å². The summed E-state index contributed by atoms with van der Waals surface area (Å²) in [6.45, 7) is 18.0. The van der Waals surface area contributed by atoms with Crippen LogP contribution in [0.4, 0.5) is 0 Å². The average molecular weight is 418 g/mol. The molecule has 4 heteroatoms. The third-order valence-electron chi connectivity index (χ3n) is 3.60. The van der Waals surface area contributed by atoms with Gasteiger partial charge < -0.3 is 24.8 Å². The summed E-state index contributed by atoms with van der Waals surface area (Å²) in [4.78, 5) is 3.60. The second-order valence-corrected chi connectivity index (χ2v) is 10.7. The molecular weight excluding hydrogens is 392 g/mol. The number of rotatable bonds is 2. The number of aromatic amines is 1. The monoisotopic (exact) mass is 415 g/mol. The molecule has 120 valence electrons. The van der Waals surface area contributed by atoms with Gasteiger partial charge in [0.25, 0.3) is 0 Å². The van der Waals surface area contributed by atoms with Gasteiger partial charge in [-0.3, -0.25) is 0 Å². The molecule has 0 atom stereocenters. The minimum Gasteiger partial charge on any atom is -1.00 e. The molecule has 1 aliphatic carbocycles. The van der Waals surface area contributed by atoms with Crippen molar-refractivity contribution in [1.29, 1.82) is 0 Å². The summed E-state index contributed by atoms with van der Waals surface area (Å²) in [5.74, 6) is 0. The fourth-order valence-corrected chi connectivity index (χ4v) is 6.22. The molecule has 0 aromatic carbocycles. The smallest absolute Gasteiger partial charge is 1.00 e. The van der Waals surface area contributed by atoms with E-state index in [9.17, 15) is 0 Å². The van der Waals surface area contributed by atoms with Crippen molar-refractivity contribution in [3.8, 4) is 0 Å². The van der Waals surface area contributed by atoms with E-state index in [1.807, 2.05) is 0 Å². The van der Waals surface area contributed by atoms with Gasteiger partial charge >= 0.3 is 135 Å². The van der Waals surface area contributed by atoms with Crippen molar-refractivity contribution in [1.82, 2.24) is 4.98 Å². The maximum atomic E-state index is 4.15. The van der Waals surface area contributed by atoms with Gasteiger partial charge in [-0.05, 0) is 0 Å². The van der Waals surface area contributed by atoms with E-state index in [0.717, 1.165) is 0 Å². The van der Waals surface area contributed by atoms with Gasteiger partial charge in [0.15, 0.2) is 0 Å². The molecule has 1 heterocycles. The van der Waals surface area contributed by atoms with Crippen molar-refractivity contribution >= 4 is 3.40 Å². The second-order valence-electron chi connectivity index (χ2n) is 7.54. The van der Waals surface area contributed by atoms with Crippen LogP contribution in [0.15, 0.2) is 39.9 Å². The van der Waals surface area contributed by atoms with Crippen molar-refractivity contribution in [2.75, 3.05) is 0 Å². The first-order chi connectivity index (χ1) is 9.10. The van der Waals surface area contributed by atoms with Gasteiger partial charge in [-0.15, -0.1) is 0 Å². The van der Waals surface area contributed by atoms with Crippen molar-refractivity contribution in [3.05, 3.63) is 51.0 Å². The topological polar surface area (TPSA) is 15.8 Å². The first-order valence-electron chi connectivity index (χ1n) is 7.17. The number of nitrogens with one attached hydrogen (secondary N) is 1. The third-order valence-corrected chi connectivity index (χ3v) is 7.05. The fraction of sp³-hybridized carbons (Fsp3) is 0.444. The van der Waals surface area contributed by atoms with Gasteiger partial charge in [-0.1, -0.05) is 0 Å². The van der Waals surface area contributed by atoms with Gasteiger partial charge in [-0.25, -0.2) is 0 Å². The molecule has 0 saturated carbocycles. The van der Waals surface area contributed by atoms with E-state index in [-0.39, 0.29) is 35.6 Å². The normalized spacial score (nSPS) is 14.1. The maximum absolute atomic E-state index is 4.15. The number of H-pyrrole nitrogens is 1. The molecule has 0 amide bonds. The molecule has 1 aliphatic rings. The Balaban J connectivity index is 0.00000220. The Bertz CT molecular complexity index is 596. The van der Waals surface area contributed by atoms with Crippen molar-refractivity contribution in [2.24, 2.45) is 0 Å². The van der Waals surface area contributed by atoms with Crippen molar-refractivity contribution in [2.45, 2.75) is 52.4 Å². The predicted octanol–water partition coefficient (Wildman–Crippen LogP) is -1.66. The third kappa shape index (κ3) is 4.73. The van der Waals surface area contributed by atoms with Gasteiger partial charge in [0.05, 0.1) is 0 Å². The first kappa shape index (κ1) is 22.0. The van der Waals surface area contributed by atoms with Crippen LogP contribution < -0.4 is 28.2 Å². The predicted molar refractivity (Wildman–Crippen MR) is 84.2 cm³/mol. The van der Waals surface area contributed by atoms with Crippen LogP contribution in [-0.4, -0.2) is 4.98 Å². The van der Waals surface area contributed by atoms with Crippen LogP contribution in [0.1, 0.15) is 52.7 Å². The van der Waals surface area contributed by atoms with E-state index < -0.39 is 23.2 Å². The molecule has 0 saturated heterocycles. The Morgan fingerprint density at radius 1 is 1.00 bits per heavy atom. The van der Waals surface area contributed by atoms with Crippen LogP contribution in [0.3, 0.4) is 0 Å². The van der Waals surface area contributed by atoms with Crippen LogP contribution >= 0.6 is 0 Å². The van der Waals surface area contributed by atoms with Crippen LogP contribution in [0, 0.1) is 0 Å². The number of allylic oxidation sites excluding steroid dienone is 5. The molecule has 0 radical (unpaired) electrons. The molecule has 1 aromatic heterocycles. The Kier molecular flexibility index (Phi) is 7.68. The Morgan fingerprint density at radius 2 is 1.59 bits per heavy atom. The summed E-state index contributed by atoms with van der Waals surface area (Å²) >= 11 is -0.804. The van der Waals surface area contributed by atoms with Crippen LogP contribution in [0.25, 0.3) is 0 Å². The van der Waals surface area contributed by atoms with Crippen LogP contribution in [0.5, 0.6) is 0 Å². The molecule has 1 nitrogen and oxygen atoms in total. The zero-order valence-corrected chi connectivity index (χ0v) is 18.2. The number of aromatic nitrogens is 1. The van der Waals surface area contributed by atoms with Gasteiger partial charge in [0, 0.05) is 0 Å². The second kappa shape index (κ2) is 7.69. The summed E-state index contributed by atoms with van der Waals surface area (Å²) in [6, 6.07) is 0. The summed E-state index contributed by atoms with van der Waals surface area (Å²) < 4.78 is 2.99. The van der Waals surface area contributed by atoms with E-state index in [0.29, 0.717) is 0 Å². The van der Waals surface area contributed by atoms with E-state index in [2.05, 4.69) is 77.5 Å². The van der Waals surface area contributed by atoms with Gasteiger partial charge in [0.2, 0.25) is 0 Å². The molecular formula is C18H25Cl2NZr. The molecule has 0 spiro atoms. The molecule has 0 unspecified atom stereocenters. The van der Waals surface area contributed by atoms with E-state index in [1.54, 1.807) is 0 Å². The standard InChI is InChI=1S/C12H20N.C6H5.2ClH.Zr/c1-11(2,3)9-7-13-8-10(9)12(4,5)6;1-6-4-2-3-5-6;;;/h7,13H,1-6H3;2-4H,1H2;2*1H;/q;;;;+2/p-2. The van der Waals surface area contributed by atoms with Crippen molar-refractivity contribution < 1.29 is 48.0 Å². The quantitative estimate of drug-likeness (QED) is 0.593. The van der Waals surface area contributed by atoms with E-state index >= 15 is 0 Å². The maximum Gasteiger partial charge on any atom is -1.00 e. The van der Waals surface area contributed by atoms with Crippen LogP contribution in [-0.2, 0) is 34.1 Å². The van der Waals surface area contributed by atoms with Gasteiger partial charge in [-0.2, -0.15) is 0 Å². The molecule has 2 rings (SSSR count). The minimum absolute atomic E-state index is 0. The van der Waals surface area contributed by atoms with Gasteiger partial charge in [0.1, 0.15) is 0 Å².